The Bertz CT molecular complexity index is 1050. The standard InChI is InChI=1S/C56H102O6/c1-4-7-10-13-16-19-22-25-27-28-30-31-34-37-40-43-46-49-55(58)61-52-53(51-60-54(57)48-45-42-39-36-33-24-21-18-15-12-9-6-3)62-56(59)50-47-44-41-38-35-32-29-26-23-20-17-14-11-8-5-2/h16,18-19,21,25,27,53H,4-15,17,20,22-24,26,28-52H2,1-3H3/b19-16-,21-18-,27-25-/t53-/m1/s1. The van der Waals surface area contributed by atoms with E-state index in [0.29, 0.717) is 19.3 Å². The summed E-state index contributed by atoms with van der Waals surface area (Å²) < 4.78 is 16.8. The summed E-state index contributed by atoms with van der Waals surface area (Å²) in [6.07, 6.45) is 59.8. The highest BCUT2D eigenvalue weighted by Gasteiger charge is 2.19. The molecular formula is C56H102O6. The monoisotopic (exact) mass is 871 g/mol. The highest BCUT2D eigenvalue weighted by Crippen LogP contribution is 2.16. The van der Waals surface area contributed by atoms with Crippen molar-refractivity contribution in [3.8, 4) is 0 Å². The van der Waals surface area contributed by atoms with Crippen LogP contribution in [0.3, 0.4) is 0 Å². The van der Waals surface area contributed by atoms with Crippen LogP contribution in [0.2, 0.25) is 0 Å². The van der Waals surface area contributed by atoms with E-state index in [-0.39, 0.29) is 31.1 Å². The number of rotatable bonds is 49. The number of unbranched alkanes of at least 4 members (excludes halogenated alkanes) is 32. The summed E-state index contributed by atoms with van der Waals surface area (Å²) in [6.45, 7) is 6.60. The minimum atomic E-state index is -0.774. The van der Waals surface area contributed by atoms with Crippen molar-refractivity contribution in [2.75, 3.05) is 13.2 Å². The minimum absolute atomic E-state index is 0.0759. The molecule has 0 aliphatic carbocycles. The lowest BCUT2D eigenvalue weighted by Crippen LogP contribution is -2.30. The fourth-order valence-electron chi connectivity index (χ4n) is 7.76. The Kier molecular flexibility index (Phi) is 49.3. The van der Waals surface area contributed by atoms with Crippen LogP contribution in [0, 0.1) is 0 Å². The van der Waals surface area contributed by atoms with Gasteiger partial charge in [0.25, 0.3) is 0 Å². The lowest BCUT2D eigenvalue weighted by Gasteiger charge is -2.18. The van der Waals surface area contributed by atoms with E-state index in [1.165, 1.54) is 167 Å². The number of carbonyl (C=O) groups excluding carboxylic acids is 3. The summed E-state index contributed by atoms with van der Waals surface area (Å²) in [5.41, 5.74) is 0. The summed E-state index contributed by atoms with van der Waals surface area (Å²) in [7, 11) is 0. The van der Waals surface area contributed by atoms with E-state index in [4.69, 9.17) is 14.2 Å². The lowest BCUT2D eigenvalue weighted by atomic mass is 10.0. The zero-order valence-electron chi connectivity index (χ0n) is 41.4. The van der Waals surface area contributed by atoms with Crippen LogP contribution >= 0.6 is 0 Å². The van der Waals surface area contributed by atoms with Gasteiger partial charge in [-0.05, 0) is 77.0 Å². The third kappa shape index (κ3) is 48.7. The summed E-state index contributed by atoms with van der Waals surface area (Å²) in [5.74, 6) is -0.879. The average Bonchev–Trinajstić information content (AvgIpc) is 3.27. The molecule has 0 unspecified atom stereocenters. The molecule has 0 aromatic carbocycles. The Morgan fingerprint density at radius 2 is 0.581 bits per heavy atom. The Balaban J connectivity index is 4.35. The van der Waals surface area contributed by atoms with E-state index in [1.807, 2.05) is 0 Å². The number of hydrogen-bond donors (Lipinski definition) is 0. The molecule has 362 valence electrons. The van der Waals surface area contributed by atoms with Gasteiger partial charge < -0.3 is 14.2 Å². The quantitative estimate of drug-likeness (QED) is 0.0262. The molecule has 0 spiro atoms. The molecule has 0 saturated heterocycles. The first kappa shape index (κ1) is 59.6. The molecule has 0 radical (unpaired) electrons. The molecule has 6 heteroatoms. The fraction of sp³-hybridized carbons (Fsp3) is 0.839. The molecule has 0 rings (SSSR count). The lowest BCUT2D eigenvalue weighted by molar-refractivity contribution is -0.167. The van der Waals surface area contributed by atoms with Crippen LogP contribution in [-0.2, 0) is 28.6 Å². The van der Waals surface area contributed by atoms with Gasteiger partial charge in [0.15, 0.2) is 6.10 Å². The molecular weight excluding hydrogens is 769 g/mol. The van der Waals surface area contributed by atoms with E-state index < -0.39 is 6.10 Å². The number of esters is 3. The van der Waals surface area contributed by atoms with Crippen LogP contribution in [0.15, 0.2) is 36.5 Å². The first-order chi connectivity index (χ1) is 30.5. The van der Waals surface area contributed by atoms with E-state index in [1.54, 1.807) is 0 Å². The van der Waals surface area contributed by atoms with Gasteiger partial charge in [-0.2, -0.15) is 0 Å². The molecule has 0 aromatic rings. The van der Waals surface area contributed by atoms with Crippen LogP contribution in [0.25, 0.3) is 0 Å². The molecule has 0 aliphatic rings. The normalized spacial score (nSPS) is 12.2. The first-order valence-electron chi connectivity index (χ1n) is 27.0. The van der Waals surface area contributed by atoms with E-state index in [2.05, 4.69) is 57.2 Å². The van der Waals surface area contributed by atoms with Gasteiger partial charge in [-0.15, -0.1) is 0 Å². The van der Waals surface area contributed by atoms with Crippen LogP contribution in [0.1, 0.15) is 284 Å². The number of hydrogen-bond acceptors (Lipinski definition) is 6. The fourth-order valence-corrected chi connectivity index (χ4v) is 7.76. The van der Waals surface area contributed by atoms with Crippen molar-refractivity contribution in [2.45, 2.75) is 290 Å². The van der Waals surface area contributed by atoms with Crippen LogP contribution in [0.5, 0.6) is 0 Å². The maximum atomic E-state index is 12.8. The predicted octanol–water partition coefficient (Wildman–Crippen LogP) is 17.7. The number of carbonyl (C=O) groups is 3. The second kappa shape index (κ2) is 51.3. The zero-order chi connectivity index (χ0) is 45.1. The van der Waals surface area contributed by atoms with Crippen LogP contribution < -0.4 is 0 Å². The third-order valence-corrected chi connectivity index (χ3v) is 11.9. The van der Waals surface area contributed by atoms with Crippen molar-refractivity contribution in [1.82, 2.24) is 0 Å². The summed E-state index contributed by atoms with van der Waals surface area (Å²) in [4.78, 5) is 38.0. The van der Waals surface area contributed by atoms with Gasteiger partial charge in [-0.25, -0.2) is 0 Å². The molecule has 62 heavy (non-hydrogen) atoms. The second-order valence-corrected chi connectivity index (χ2v) is 18.1. The molecule has 0 amide bonds. The summed E-state index contributed by atoms with van der Waals surface area (Å²) >= 11 is 0. The Morgan fingerprint density at radius 3 is 0.935 bits per heavy atom. The number of ether oxygens (including phenoxy) is 3. The average molecular weight is 871 g/mol. The maximum Gasteiger partial charge on any atom is 0.306 e. The van der Waals surface area contributed by atoms with Gasteiger partial charge >= 0.3 is 17.9 Å². The van der Waals surface area contributed by atoms with Crippen molar-refractivity contribution < 1.29 is 28.6 Å². The highest BCUT2D eigenvalue weighted by molar-refractivity contribution is 5.71. The van der Waals surface area contributed by atoms with E-state index >= 15 is 0 Å². The molecule has 0 bridgehead atoms. The molecule has 1 atom stereocenters. The van der Waals surface area contributed by atoms with Crippen LogP contribution in [0.4, 0.5) is 0 Å². The SMILES string of the molecule is CCCCC/C=C\C/C=C\CCCCCCCCCC(=O)OC[C@@H](COC(=O)CCCCCCC/C=C\CCCCC)OC(=O)CCCCCCCCCCCCCCCCC. The molecule has 0 saturated carbocycles. The Labute approximate surface area is 385 Å². The molecule has 0 aliphatic heterocycles. The maximum absolute atomic E-state index is 12.8. The van der Waals surface area contributed by atoms with Crippen LogP contribution in [-0.4, -0.2) is 37.2 Å². The molecule has 0 N–H and O–H groups in total. The third-order valence-electron chi connectivity index (χ3n) is 11.9. The zero-order valence-corrected chi connectivity index (χ0v) is 41.4. The second-order valence-electron chi connectivity index (χ2n) is 18.1. The minimum Gasteiger partial charge on any atom is -0.462 e. The smallest absolute Gasteiger partial charge is 0.306 e. The number of allylic oxidation sites excluding steroid dienone is 6. The van der Waals surface area contributed by atoms with E-state index in [9.17, 15) is 14.4 Å². The topological polar surface area (TPSA) is 78.9 Å². The molecule has 0 fully saturated rings. The Hall–Kier alpha value is -2.37. The van der Waals surface area contributed by atoms with Gasteiger partial charge in [-0.1, -0.05) is 224 Å². The van der Waals surface area contributed by atoms with Crippen molar-refractivity contribution in [2.24, 2.45) is 0 Å². The van der Waals surface area contributed by atoms with Gasteiger partial charge in [0.05, 0.1) is 0 Å². The van der Waals surface area contributed by atoms with Gasteiger partial charge in [0.1, 0.15) is 13.2 Å². The van der Waals surface area contributed by atoms with Crippen molar-refractivity contribution in [1.29, 1.82) is 0 Å². The summed E-state index contributed by atoms with van der Waals surface area (Å²) in [5, 5.41) is 0. The van der Waals surface area contributed by atoms with Gasteiger partial charge in [0.2, 0.25) is 0 Å². The van der Waals surface area contributed by atoms with Crippen molar-refractivity contribution in [3.63, 3.8) is 0 Å². The predicted molar refractivity (Wildman–Crippen MR) is 266 cm³/mol. The largest absolute Gasteiger partial charge is 0.462 e. The molecule has 6 nitrogen and oxygen atoms in total. The molecule has 0 heterocycles. The first-order valence-corrected chi connectivity index (χ1v) is 27.0. The van der Waals surface area contributed by atoms with Crippen molar-refractivity contribution in [3.05, 3.63) is 36.5 Å². The highest BCUT2D eigenvalue weighted by atomic mass is 16.6. The molecule has 0 aromatic heterocycles. The van der Waals surface area contributed by atoms with Gasteiger partial charge in [0, 0.05) is 19.3 Å². The van der Waals surface area contributed by atoms with Crippen molar-refractivity contribution >= 4 is 17.9 Å². The Morgan fingerprint density at radius 1 is 0.323 bits per heavy atom. The summed E-state index contributed by atoms with van der Waals surface area (Å²) in [6, 6.07) is 0. The van der Waals surface area contributed by atoms with E-state index in [0.717, 1.165) is 77.0 Å². The van der Waals surface area contributed by atoms with Gasteiger partial charge in [-0.3, -0.25) is 14.4 Å².